The smallest absolute Gasteiger partial charge is 0.0468 e. The van der Waals surface area contributed by atoms with Gasteiger partial charge in [-0.25, -0.2) is 0 Å². The molecule has 0 aromatic rings. The Morgan fingerprint density at radius 3 is 2.33 bits per heavy atom. The van der Waals surface area contributed by atoms with Crippen molar-refractivity contribution in [1.29, 1.82) is 0 Å². The summed E-state index contributed by atoms with van der Waals surface area (Å²) in [6, 6.07) is 0. The van der Waals surface area contributed by atoms with E-state index in [4.69, 9.17) is 9.84 Å². The summed E-state index contributed by atoms with van der Waals surface area (Å²) in [7, 11) is 0. The average molecular weight is 170 g/mol. The van der Waals surface area contributed by atoms with Gasteiger partial charge in [0.15, 0.2) is 0 Å². The van der Waals surface area contributed by atoms with Gasteiger partial charge in [0, 0.05) is 19.8 Å². The van der Waals surface area contributed by atoms with E-state index in [1.165, 1.54) is 25.7 Å². The molecule has 1 saturated heterocycles. The third-order valence-corrected chi connectivity index (χ3v) is 3.46. The first-order chi connectivity index (χ1) is 5.90. The number of aliphatic hydroxyl groups excluding tert-OH is 1. The fourth-order valence-corrected chi connectivity index (χ4v) is 2.51. The standard InChI is InChI=1S/C10H18O2/c11-7-8-5-10(6-8)9-1-3-12-4-2-9/h8-11H,1-7H2. The maximum Gasteiger partial charge on any atom is 0.0468 e. The number of rotatable bonds is 2. The van der Waals surface area contributed by atoms with Crippen molar-refractivity contribution >= 4 is 0 Å². The molecular weight excluding hydrogens is 152 g/mol. The molecule has 0 spiro atoms. The van der Waals surface area contributed by atoms with Gasteiger partial charge in [0.05, 0.1) is 0 Å². The molecule has 70 valence electrons. The van der Waals surface area contributed by atoms with Gasteiger partial charge in [-0.3, -0.25) is 0 Å². The predicted molar refractivity (Wildman–Crippen MR) is 46.8 cm³/mol. The Morgan fingerprint density at radius 2 is 1.75 bits per heavy atom. The number of hydrogen-bond donors (Lipinski definition) is 1. The van der Waals surface area contributed by atoms with Crippen molar-refractivity contribution in [3.8, 4) is 0 Å². The Hall–Kier alpha value is -0.0800. The van der Waals surface area contributed by atoms with E-state index in [1.807, 2.05) is 0 Å². The summed E-state index contributed by atoms with van der Waals surface area (Å²) < 4.78 is 5.32. The molecule has 1 heterocycles. The summed E-state index contributed by atoms with van der Waals surface area (Å²) in [6.07, 6.45) is 5.04. The molecule has 0 atom stereocenters. The maximum absolute atomic E-state index is 8.88. The second-order valence-corrected chi connectivity index (χ2v) is 4.23. The van der Waals surface area contributed by atoms with E-state index in [-0.39, 0.29) is 0 Å². The largest absolute Gasteiger partial charge is 0.396 e. The molecule has 1 N–H and O–H groups in total. The zero-order chi connectivity index (χ0) is 8.39. The van der Waals surface area contributed by atoms with Crippen LogP contribution in [0.3, 0.4) is 0 Å². The van der Waals surface area contributed by atoms with Crippen molar-refractivity contribution in [1.82, 2.24) is 0 Å². The van der Waals surface area contributed by atoms with Crippen LogP contribution in [0.1, 0.15) is 25.7 Å². The third kappa shape index (κ3) is 1.64. The molecule has 0 aromatic heterocycles. The Labute approximate surface area is 73.9 Å². The van der Waals surface area contributed by atoms with Crippen molar-refractivity contribution in [2.45, 2.75) is 25.7 Å². The predicted octanol–water partition coefficient (Wildman–Crippen LogP) is 1.43. The molecule has 2 rings (SSSR count). The number of aliphatic hydroxyl groups is 1. The molecule has 0 bridgehead atoms. The highest BCUT2D eigenvalue weighted by atomic mass is 16.5. The highest BCUT2D eigenvalue weighted by molar-refractivity contribution is 4.84. The normalized spacial score (nSPS) is 37.8. The molecule has 2 nitrogen and oxygen atoms in total. The lowest BCUT2D eigenvalue weighted by atomic mass is 9.67. The van der Waals surface area contributed by atoms with Crippen LogP contribution in [-0.4, -0.2) is 24.9 Å². The van der Waals surface area contributed by atoms with Gasteiger partial charge in [-0.15, -0.1) is 0 Å². The summed E-state index contributed by atoms with van der Waals surface area (Å²) in [5, 5.41) is 8.88. The quantitative estimate of drug-likeness (QED) is 0.679. The lowest BCUT2D eigenvalue weighted by molar-refractivity contribution is 0.000413. The highest BCUT2D eigenvalue weighted by Gasteiger charge is 2.34. The second kappa shape index (κ2) is 3.75. The van der Waals surface area contributed by atoms with E-state index >= 15 is 0 Å². The first kappa shape index (κ1) is 8.52. The lowest BCUT2D eigenvalue weighted by Gasteiger charge is -2.41. The second-order valence-electron chi connectivity index (χ2n) is 4.23. The minimum atomic E-state index is 0.403. The van der Waals surface area contributed by atoms with Crippen LogP contribution in [0.2, 0.25) is 0 Å². The summed E-state index contributed by atoms with van der Waals surface area (Å²) in [5.74, 6) is 2.44. The fraction of sp³-hybridized carbons (Fsp3) is 1.00. The Balaban J connectivity index is 1.72. The number of hydrogen-bond acceptors (Lipinski definition) is 2. The van der Waals surface area contributed by atoms with E-state index in [2.05, 4.69) is 0 Å². The van der Waals surface area contributed by atoms with E-state index < -0.39 is 0 Å². The van der Waals surface area contributed by atoms with E-state index in [0.29, 0.717) is 12.5 Å². The molecule has 1 aliphatic heterocycles. The summed E-state index contributed by atoms with van der Waals surface area (Å²) in [4.78, 5) is 0. The minimum Gasteiger partial charge on any atom is -0.396 e. The van der Waals surface area contributed by atoms with Crippen molar-refractivity contribution in [3.05, 3.63) is 0 Å². The van der Waals surface area contributed by atoms with Crippen LogP contribution >= 0.6 is 0 Å². The Kier molecular flexibility index (Phi) is 2.66. The molecule has 0 unspecified atom stereocenters. The molecule has 0 radical (unpaired) electrons. The van der Waals surface area contributed by atoms with Crippen LogP contribution in [0, 0.1) is 17.8 Å². The van der Waals surface area contributed by atoms with Crippen molar-refractivity contribution in [2.24, 2.45) is 17.8 Å². The molecule has 0 aromatic carbocycles. The van der Waals surface area contributed by atoms with E-state index in [9.17, 15) is 0 Å². The first-order valence-electron chi connectivity index (χ1n) is 5.08. The van der Waals surface area contributed by atoms with Crippen LogP contribution in [0.15, 0.2) is 0 Å². The zero-order valence-electron chi connectivity index (χ0n) is 7.54. The topological polar surface area (TPSA) is 29.5 Å². The molecule has 2 heteroatoms. The van der Waals surface area contributed by atoms with Crippen molar-refractivity contribution in [3.63, 3.8) is 0 Å². The van der Waals surface area contributed by atoms with Gasteiger partial charge >= 0.3 is 0 Å². The molecule has 2 fully saturated rings. The lowest BCUT2D eigenvalue weighted by Crippen LogP contribution is -2.34. The van der Waals surface area contributed by atoms with Gasteiger partial charge in [-0.05, 0) is 43.4 Å². The van der Waals surface area contributed by atoms with Gasteiger partial charge in [0.25, 0.3) is 0 Å². The van der Waals surface area contributed by atoms with E-state index in [1.54, 1.807) is 0 Å². The molecule has 12 heavy (non-hydrogen) atoms. The van der Waals surface area contributed by atoms with Crippen molar-refractivity contribution in [2.75, 3.05) is 19.8 Å². The fourth-order valence-electron chi connectivity index (χ4n) is 2.51. The average Bonchev–Trinajstić information content (AvgIpc) is 2.04. The van der Waals surface area contributed by atoms with E-state index in [0.717, 1.165) is 25.0 Å². The third-order valence-electron chi connectivity index (χ3n) is 3.46. The minimum absolute atomic E-state index is 0.403. The van der Waals surface area contributed by atoms with Crippen LogP contribution in [0.25, 0.3) is 0 Å². The van der Waals surface area contributed by atoms with Crippen LogP contribution in [-0.2, 0) is 4.74 Å². The molecule has 1 aliphatic carbocycles. The maximum atomic E-state index is 8.88. The summed E-state index contributed by atoms with van der Waals surface area (Å²) in [6.45, 7) is 2.33. The highest BCUT2D eigenvalue weighted by Crippen LogP contribution is 2.42. The van der Waals surface area contributed by atoms with Gasteiger partial charge in [-0.1, -0.05) is 0 Å². The first-order valence-corrected chi connectivity index (χ1v) is 5.08. The summed E-state index contributed by atoms with van der Waals surface area (Å²) in [5.41, 5.74) is 0. The SMILES string of the molecule is OCC1CC(C2CCOCC2)C1. The van der Waals surface area contributed by atoms with Crippen LogP contribution < -0.4 is 0 Å². The molecule has 2 aliphatic rings. The van der Waals surface area contributed by atoms with Gasteiger partial charge in [0.2, 0.25) is 0 Å². The zero-order valence-corrected chi connectivity index (χ0v) is 7.54. The number of ether oxygens (including phenoxy) is 1. The van der Waals surface area contributed by atoms with Gasteiger partial charge in [-0.2, -0.15) is 0 Å². The molecular formula is C10H18O2. The molecule has 1 saturated carbocycles. The molecule has 0 amide bonds. The van der Waals surface area contributed by atoms with Crippen LogP contribution in [0.5, 0.6) is 0 Å². The Morgan fingerprint density at radius 1 is 1.08 bits per heavy atom. The monoisotopic (exact) mass is 170 g/mol. The summed E-state index contributed by atoms with van der Waals surface area (Å²) >= 11 is 0. The van der Waals surface area contributed by atoms with Gasteiger partial charge < -0.3 is 9.84 Å². The van der Waals surface area contributed by atoms with Crippen molar-refractivity contribution < 1.29 is 9.84 Å². The van der Waals surface area contributed by atoms with Crippen LogP contribution in [0.4, 0.5) is 0 Å². The Bertz CT molecular complexity index is 135. The van der Waals surface area contributed by atoms with Gasteiger partial charge in [0.1, 0.15) is 0 Å².